The number of likely N-dealkylation sites (tertiary alicyclic amines) is 2. The first-order valence-corrected chi connectivity index (χ1v) is 20.4. The molecule has 2 aromatic rings. The Labute approximate surface area is 316 Å². The van der Waals surface area contributed by atoms with E-state index in [2.05, 4.69) is 31.6 Å². The number of carbonyl (C=O) groups is 2. The molecule has 1 aromatic carbocycles. The summed E-state index contributed by atoms with van der Waals surface area (Å²) < 4.78 is 64.2. The average Bonchev–Trinajstić information content (AvgIpc) is 3.74. The van der Waals surface area contributed by atoms with E-state index < -0.39 is 27.8 Å². The molecular formula is C37H51F2N9O5S. The summed E-state index contributed by atoms with van der Waals surface area (Å²) in [5, 5.41) is 8.16. The molecule has 2 atom stereocenters. The van der Waals surface area contributed by atoms with Gasteiger partial charge in [-0.05, 0) is 97.0 Å². The Morgan fingerprint density at radius 2 is 1.72 bits per heavy atom. The van der Waals surface area contributed by atoms with Crippen LogP contribution in [-0.2, 0) is 15.0 Å². The molecule has 2 amide bonds. The highest BCUT2D eigenvalue weighted by atomic mass is 32.2. The van der Waals surface area contributed by atoms with Gasteiger partial charge in [-0.25, -0.2) is 13.8 Å². The van der Waals surface area contributed by atoms with Crippen LogP contribution in [0, 0.1) is 17.2 Å². The van der Waals surface area contributed by atoms with Crippen LogP contribution in [0.15, 0.2) is 36.9 Å². The summed E-state index contributed by atoms with van der Waals surface area (Å²) in [6, 6.07) is 3.07. The molecule has 5 aliphatic heterocycles. The van der Waals surface area contributed by atoms with Crippen molar-refractivity contribution >= 4 is 27.8 Å². The minimum absolute atomic E-state index is 0.0980. The van der Waals surface area contributed by atoms with Crippen molar-refractivity contribution in [3.05, 3.63) is 48.3 Å². The molecule has 14 nitrogen and oxygen atoms in total. The lowest BCUT2D eigenvalue weighted by atomic mass is 9.72. The third-order valence-corrected chi connectivity index (χ3v) is 14.0. The number of hydrogen-bond donors (Lipinski definition) is 0. The van der Waals surface area contributed by atoms with Crippen LogP contribution in [0.1, 0.15) is 70.2 Å². The lowest BCUT2D eigenvalue weighted by Crippen LogP contribution is -2.61. The van der Waals surface area contributed by atoms with Crippen LogP contribution in [0.25, 0.3) is 0 Å². The lowest BCUT2D eigenvalue weighted by Gasteiger charge is -2.54. The Morgan fingerprint density at radius 3 is 2.33 bits per heavy atom. The van der Waals surface area contributed by atoms with Gasteiger partial charge in [0.25, 0.3) is 27.9 Å². The van der Waals surface area contributed by atoms with Crippen molar-refractivity contribution in [2.24, 2.45) is 11.3 Å². The molecule has 6 heterocycles. The van der Waals surface area contributed by atoms with Gasteiger partial charge in [0.15, 0.2) is 11.6 Å². The zero-order valence-electron chi connectivity index (χ0n) is 31.5. The number of rotatable bonds is 11. The van der Waals surface area contributed by atoms with Crippen molar-refractivity contribution in [2.45, 2.75) is 84.0 Å². The third-order valence-electron chi connectivity index (χ3n) is 12.0. The van der Waals surface area contributed by atoms with E-state index in [1.165, 1.54) is 33.7 Å². The van der Waals surface area contributed by atoms with Crippen molar-refractivity contribution in [1.29, 1.82) is 0 Å². The van der Waals surface area contributed by atoms with Crippen molar-refractivity contribution in [3.63, 3.8) is 0 Å². The second-order valence-corrected chi connectivity index (χ2v) is 18.1. The Morgan fingerprint density at radius 1 is 1.04 bits per heavy atom. The molecule has 17 heteroatoms. The highest BCUT2D eigenvalue weighted by Crippen LogP contribution is 2.45. The van der Waals surface area contributed by atoms with Gasteiger partial charge in [0.2, 0.25) is 0 Å². The van der Waals surface area contributed by atoms with Crippen LogP contribution >= 0.6 is 0 Å². The van der Waals surface area contributed by atoms with Crippen LogP contribution in [0.4, 0.5) is 14.6 Å². The minimum atomic E-state index is -3.66. The summed E-state index contributed by atoms with van der Waals surface area (Å²) >= 11 is 0. The molecular weight excluding hydrogens is 721 g/mol. The van der Waals surface area contributed by atoms with Gasteiger partial charge in [0, 0.05) is 75.4 Å². The summed E-state index contributed by atoms with van der Waals surface area (Å²) in [6.45, 7) is 16.5. The fourth-order valence-corrected chi connectivity index (χ4v) is 11.1. The Bertz CT molecular complexity index is 1850. The number of carbonyl (C=O) groups excluding carboxylic acids is 2. The highest BCUT2D eigenvalue weighted by molar-refractivity contribution is 7.86. The highest BCUT2D eigenvalue weighted by Gasteiger charge is 2.52. The molecule has 5 saturated heterocycles. The first-order valence-electron chi connectivity index (χ1n) is 19.0. The number of ether oxygens (including phenoxy) is 1. The molecule has 0 radical (unpaired) electrons. The van der Waals surface area contributed by atoms with Crippen LogP contribution in [-0.4, -0.2) is 142 Å². The van der Waals surface area contributed by atoms with Gasteiger partial charge < -0.3 is 24.3 Å². The molecule has 54 heavy (non-hydrogen) atoms. The van der Waals surface area contributed by atoms with Crippen LogP contribution in [0.5, 0.6) is 11.6 Å². The van der Waals surface area contributed by atoms with E-state index in [4.69, 9.17) is 4.74 Å². The maximum Gasteiger partial charge on any atom is 0.282 e. The first kappa shape index (κ1) is 38.5. The van der Waals surface area contributed by atoms with Crippen LogP contribution < -0.4 is 9.64 Å². The Balaban J connectivity index is 0.896. The minimum Gasteiger partial charge on any atom is -0.434 e. The summed E-state index contributed by atoms with van der Waals surface area (Å²) in [5.74, 6) is -1.32. The number of anilines is 1. The zero-order chi connectivity index (χ0) is 38.5. The predicted molar refractivity (Wildman–Crippen MR) is 197 cm³/mol. The largest absolute Gasteiger partial charge is 0.434 e. The van der Waals surface area contributed by atoms with Gasteiger partial charge in [-0.3, -0.25) is 9.59 Å². The summed E-state index contributed by atoms with van der Waals surface area (Å²) in [4.78, 5) is 37.9. The average molecular weight is 772 g/mol. The van der Waals surface area contributed by atoms with E-state index in [1.54, 1.807) is 9.21 Å². The van der Waals surface area contributed by atoms with E-state index in [1.807, 2.05) is 27.7 Å². The SMILES string of the molecule is C=C(F)C(=O)N1C[C@@H]2C[C@H]1CN2S(=O)(=O)N1CCC(CN2CCC3(CC2)CN(c2ncnnc2Oc2ccc(F)cc2C(=O)N(C(C)C)C(C)C)C3)CC1. The molecule has 1 aromatic heterocycles. The fraction of sp³-hybridized carbons (Fsp3) is 0.649. The number of benzene rings is 1. The number of fused-ring (bicyclic) bond motifs is 2. The van der Waals surface area contributed by atoms with Crippen molar-refractivity contribution in [1.82, 2.24) is 38.5 Å². The van der Waals surface area contributed by atoms with Crippen LogP contribution in [0.3, 0.4) is 0 Å². The molecule has 0 unspecified atom stereocenters. The summed E-state index contributed by atoms with van der Waals surface area (Å²) in [7, 11) is -3.66. The number of amides is 2. The molecule has 2 bridgehead atoms. The molecule has 0 aliphatic carbocycles. The maximum absolute atomic E-state index is 14.4. The molecule has 5 aliphatic rings. The number of halogens is 2. The van der Waals surface area contributed by atoms with Crippen molar-refractivity contribution in [2.75, 3.05) is 63.8 Å². The standard InChI is InChI=1S/C37H51F2N9O5S/c1-24(2)48(25(3)4)36(50)31-16-28(39)6-7-32(31)53-34-33(40-23-41-42-34)44-21-37(22-44)10-14-43(15-11-37)18-27-8-12-45(13-9-27)54(51,52)47-20-29-17-30(47)19-46(29)35(49)26(5)38/h6-7,16,23-25,27,29-30H,5,8-15,17-22H2,1-4H3/t29-,30-/m0/s1. The van der Waals surface area contributed by atoms with Gasteiger partial charge in [-0.1, -0.05) is 6.58 Å². The summed E-state index contributed by atoms with van der Waals surface area (Å²) in [5.41, 5.74) is 0.246. The molecule has 294 valence electrons. The number of nitrogens with zero attached hydrogens (tertiary/aromatic N) is 9. The van der Waals surface area contributed by atoms with Crippen molar-refractivity contribution in [3.8, 4) is 11.6 Å². The molecule has 1 spiro atoms. The summed E-state index contributed by atoms with van der Waals surface area (Å²) in [6.07, 6.45) is 5.54. The monoisotopic (exact) mass is 771 g/mol. The number of piperazine rings is 1. The van der Waals surface area contributed by atoms with E-state index in [-0.39, 0.29) is 65.8 Å². The zero-order valence-corrected chi connectivity index (χ0v) is 32.3. The lowest BCUT2D eigenvalue weighted by molar-refractivity contribution is -0.130. The second-order valence-electron chi connectivity index (χ2n) is 16.2. The van der Waals surface area contributed by atoms with Gasteiger partial charge in [0.05, 0.1) is 5.56 Å². The van der Waals surface area contributed by atoms with Gasteiger partial charge in [-0.15, -0.1) is 10.2 Å². The molecule has 7 rings (SSSR count). The quantitative estimate of drug-likeness (QED) is 0.312. The van der Waals surface area contributed by atoms with Crippen molar-refractivity contribution < 1.29 is 31.5 Å². The molecule has 0 N–H and O–H groups in total. The molecule has 0 saturated carbocycles. The van der Waals surface area contributed by atoms with Gasteiger partial charge >= 0.3 is 0 Å². The predicted octanol–water partition coefficient (Wildman–Crippen LogP) is 3.69. The smallest absolute Gasteiger partial charge is 0.282 e. The Hall–Kier alpha value is -3.80. The number of piperidine rings is 2. The number of aromatic nitrogens is 3. The van der Waals surface area contributed by atoms with E-state index >= 15 is 0 Å². The van der Waals surface area contributed by atoms with E-state index in [0.29, 0.717) is 31.2 Å². The van der Waals surface area contributed by atoms with E-state index in [0.717, 1.165) is 58.4 Å². The van der Waals surface area contributed by atoms with E-state index in [9.17, 15) is 26.8 Å². The maximum atomic E-state index is 14.4. The van der Waals surface area contributed by atoms with Gasteiger partial charge in [-0.2, -0.15) is 17.0 Å². The first-order chi connectivity index (χ1) is 25.7. The molecule has 5 fully saturated rings. The van der Waals surface area contributed by atoms with Crippen LogP contribution in [0.2, 0.25) is 0 Å². The normalized spacial score (nSPS) is 23.7. The Kier molecular flexibility index (Phi) is 10.7. The number of hydrogen-bond acceptors (Lipinski definition) is 10. The fourth-order valence-electron chi connectivity index (χ4n) is 9.20. The second kappa shape index (κ2) is 15.0. The topological polar surface area (TPSA) is 136 Å². The third kappa shape index (κ3) is 7.43. The van der Waals surface area contributed by atoms with Gasteiger partial charge in [0.1, 0.15) is 17.9 Å².